The standard InChI is InChI=1S/C15H21N2.C7H7O2.U/c1-7-8-9-12(4)14(6)15-13(5)10-16-17(15)11(2)3;1-5-3-2-4-6(8)7(5)9;/h7-11H,4,6H2,1-3,5H3;2,4,8-9H,1H3;/q2*-1;+2/b8-7-,12-9-;;. The van der Waals surface area contributed by atoms with Crippen molar-refractivity contribution in [3.8, 4) is 11.5 Å². The Morgan fingerprint density at radius 2 is 1.96 bits per heavy atom. The van der Waals surface area contributed by atoms with E-state index in [-0.39, 0.29) is 42.6 Å². The Morgan fingerprint density at radius 3 is 2.44 bits per heavy atom. The van der Waals surface area contributed by atoms with Crippen LogP contribution in [0.3, 0.4) is 0 Å². The molecule has 2 aromatic rings. The molecule has 0 saturated carbocycles. The topological polar surface area (TPSA) is 58.3 Å². The van der Waals surface area contributed by atoms with Crippen LogP contribution in [0.15, 0.2) is 48.7 Å². The molecule has 0 atom stereocenters. The molecule has 2 rings (SSSR count). The van der Waals surface area contributed by atoms with Gasteiger partial charge in [0.25, 0.3) is 0 Å². The number of hydrogen-bond acceptors (Lipinski definition) is 3. The van der Waals surface area contributed by atoms with Crippen molar-refractivity contribution in [2.45, 2.75) is 40.7 Å². The number of phenolic OH excluding ortho intramolecular Hbond substituents is 2. The molecular weight excluding hydrogens is 562 g/mol. The molecule has 1 aromatic heterocycles. The minimum Gasteiger partial charge on any atom is -0.562 e. The van der Waals surface area contributed by atoms with E-state index in [1.165, 1.54) is 6.07 Å². The average molecular weight is 591 g/mol. The van der Waals surface area contributed by atoms with E-state index in [1.54, 1.807) is 13.0 Å². The van der Waals surface area contributed by atoms with Crippen molar-refractivity contribution in [2.75, 3.05) is 0 Å². The van der Waals surface area contributed by atoms with Crippen LogP contribution in [-0.2, 0) is 0 Å². The molecule has 0 aliphatic heterocycles. The molecule has 0 aliphatic carbocycles. The monoisotopic (exact) mass is 590 g/mol. The fraction of sp³-hybridized carbons (Fsp3) is 0.273. The van der Waals surface area contributed by atoms with E-state index in [4.69, 9.17) is 10.2 Å². The van der Waals surface area contributed by atoms with E-state index >= 15 is 0 Å². The third-order valence-corrected chi connectivity index (χ3v) is 3.77. The van der Waals surface area contributed by atoms with Crippen molar-refractivity contribution in [3.63, 3.8) is 0 Å². The maximum absolute atomic E-state index is 8.93. The number of nitrogens with zero attached hydrogens (tertiary/aromatic N) is 2. The quantitative estimate of drug-likeness (QED) is 0.288. The molecule has 0 amide bonds. The molecule has 1 aromatic carbocycles. The minimum absolute atomic E-state index is 0. The van der Waals surface area contributed by atoms with Crippen LogP contribution in [0.2, 0.25) is 0 Å². The van der Waals surface area contributed by atoms with Crippen LogP contribution in [0.1, 0.15) is 43.6 Å². The summed E-state index contributed by atoms with van der Waals surface area (Å²) in [6.07, 6.45) is 7.80. The molecule has 4 nitrogen and oxygen atoms in total. The molecule has 0 radical (unpaired) electrons. The number of rotatable bonds is 4. The van der Waals surface area contributed by atoms with Gasteiger partial charge in [0.15, 0.2) is 0 Å². The van der Waals surface area contributed by atoms with Crippen molar-refractivity contribution in [3.05, 3.63) is 78.5 Å². The molecule has 0 unspecified atom stereocenters. The number of benzene rings is 1. The molecule has 0 aliphatic rings. The summed E-state index contributed by atoms with van der Waals surface area (Å²) < 4.78 is 1.99. The van der Waals surface area contributed by atoms with E-state index in [9.17, 15) is 0 Å². The Bertz CT molecular complexity index is 797. The van der Waals surface area contributed by atoms with Gasteiger partial charge in [-0.3, -0.25) is 4.68 Å². The summed E-state index contributed by atoms with van der Waals surface area (Å²) in [7, 11) is 0. The van der Waals surface area contributed by atoms with Crippen LogP contribution < -0.4 is 0 Å². The summed E-state index contributed by atoms with van der Waals surface area (Å²) >= 11 is 0. The fourth-order valence-electron chi connectivity index (χ4n) is 2.27. The molecule has 2 N–H and O–H groups in total. The average Bonchev–Trinajstić information content (AvgIpc) is 2.99. The molecule has 5 heteroatoms. The second-order valence-electron chi connectivity index (χ2n) is 6.25. The van der Waals surface area contributed by atoms with Gasteiger partial charge in [-0.15, -0.1) is 29.9 Å². The molecule has 27 heavy (non-hydrogen) atoms. The van der Waals surface area contributed by atoms with Crippen LogP contribution >= 0.6 is 0 Å². The van der Waals surface area contributed by atoms with E-state index in [2.05, 4.69) is 45.4 Å². The van der Waals surface area contributed by atoms with Crippen molar-refractivity contribution in [2.24, 2.45) is 0 Å². The number of phenols is 2. The second-order valence-corrected chi connectivity index (χ2v) is 6.25. The molecule has 0 spiro atoms. The summed E-state index contributed by atoms with van der Waals surface area (Å²) in [5.41, 5.74) is 4.64. The molecule has 142 valence electrons. The van der Waals surface area contributed by atoms with Gasteiger partial charge in [0, 0.05) is 23.2 Å². The maximum atomic E-state index is 8.93. The van der Waals surface area contributed by atoms with Crippen LogP contribution in [0.25, 0.3) is 5.57 Å². The summed E-state index contributed by atoms with van der Waals surface area (Å²) in [6, 6.07) is 6.01. The van der Waals surface area contributed by atoms with Gasteiger partial charge in [-0.05, 0) is 33.3 Å². The van der Waals surface area contributed by atoms with Gasteiger partial charge in [0.2, 0.25) is 0 Å². The third kappa shape index (κ3) is 7.01. The van der Waals surface area contributed by atoms with Crippen LogP contribution in [0, 0.1) is 58.0 Å². The number of hydrogen-bond donors (Lipinski definition) is 2. The zero-order valence-electron chi connectivity index (χ0n) is 16.7. The normalized spacial score (nSPS) is 11.1. The smallest absolute Gasteiger partial charge is 0.562 e. The van der Waals surface area contributed by atoms with Crippen molar-refractivity contribution >= 4 is 5.57 Å². The Hall–Kier alpha value is -1.83. The maximum Gasteiger partial charge on any atom is 2.00 e. The van der Waals surface area contributed by atoms with E-state index in [0.717, 1.165) is 22.4 Å². The molecular formula is C22H28N2O2U. The van der Waals surface area contributed by atoms with Gasteiger partial charge in [0.1, 0.15) is 0 Å². The van der Waals surface area contributed by atoms with E-state index in [1.807, 2.05) is 36.0 Å². The van der Waals surface area contributed by atoms with Gasteiger partial charge in [-0.1, -0.05) is 13.0 Å². The first-order chi connectivity index (χ1) is 12.2. The van der Waals surface area contributed by atoms with Gasteiger partial charge in [-0.2, -0.15) is 35.8 Å². The Morgan fingerprint density at radius 1 is 1.33 bits per heavy atom. The SMILES string of the molecule is C=C(/C([CH2-])=C\C=C/C)c1c(C)cnn1C(C)C.Cc1[c-]ccc(O)c1O.[U+2]. The Labute approximate surface area is 186 Å². The van der Waals surface area contributed by atoms with E-state index in [0.29, 0.717) is 11.6 Å². The fourth-order valence-corrected chi connectivity index (χ4v) is 2.27. The number of allylic oxidation sites excluding steroid dienone is 5. The number of aromatic nitrogens is 2. The predicted molar refractivity (Wildman–Crippen MR) is 108 cm³/mol. The number of aryl methyl sites for hydroxylation is 2. The molecule has 1 heterocycles. The van der Waals surface area contributed by atoms with Crippen molar-refractivity contribution in [1.82, 2.24) is 9.78 Å². The molecule has 0 fully saturated rings. The summed E-state index contributed by atoms with van der Waals surface area (Å²) in [6.45, 7) is 18.1. The largest absolute Gasteiger partial charge is 2.00 e. The Kier molecular flexibility index (Phi) is 11.0. The summed E-state index contributed by atoms with van der Waals surface area (Å²) in [5, 5.41) is 22.1. The van der Waals surface area contributed by atoms with Crippen LogP contribution in [-0.4, -0.2) is 20.0 Å². The number of aromatic hydroxyl groups is 2. The van der Waals surface area contributed by atoms with Crippen molar-refractivity contribution < 1.29 is 41.3 Å². The van der Waals surface area contributed by atoms with Gasteiger partial charge < -0.3 is 10.2 Å². The summed E-state index contributed by atoms with van der Waals surface area (Å²) in [4.78, 5) is 0. The Balaban J connectivity index is 0.000000572. The minimum atomic E-state index is -0.0914. The van der Waals surface area contributed by atoms with Crippen LogP contribution in [0.5, 0.6) is 11.5 Å². The zero-order valence-corrected chi connectivity index (χ0v) is 20.9. The first-order valence-electron chi connectivity index (χ1n) is 8.48. The third-order valence-electron chi connectivity index (χ3n) is 3.77. The zero-order chi connectivity index (χ0) is 19.9. The van der Waals surface area contributed by atoms with Gasteiger partial charge in [-0.25, -0.2) is 0 Å². The van der Waals surface area contributed by atoms with E-state index < -0.39 is 0 Å². The van der Waals surface area contributed by atoms with Gasteiger partial charge in [0.05, 0.1) is 6.20 Å². The van der Waals surface area contributed by atoms with Gasteiger partial charge >= 0.3 is 31.1 Å². The first kappa shape index (κ1) is 25.2. The van der Waals surface area contributed by atoms with Crippen molar-refractivity contribution in [1.29, 1.82) is 0 Å². The molecule has 0 bridgehead atoms. The molecule has 0 saturated heterocycles. The second kappa shape index (κ2) is 11.8. The summed E-state index contributed by atoms with van der Waals surface area (Å²) in [5.74, 6) is -0.177. The van der Waals surface area contributed by atoms with Crippen LogP contribution in [0.4, 0.5) is 0 Å². The first-order valence-corrected chi connectivity index (χ1v) is 8.48. The predicted octanol–water partition coefficient (Wildman–Crippen LogP) is 5.33.